The summed E-state index contributed by atoms with van der Waals surface area (Å²) in [6.45, 7) is 0. The smallest absolute Gasteiger partial charge is 0.354 e. The quantitative estimate of drug-likeness (QED) is 0.671. The fourth-order valence-electron chi connectivity index (χ4n) is 2.10. The molecule has 0 aliphatic heterocycles. The maximum atomic E-state index is 11.5. The Labute approximate surface area is 82.6 Å². The van der Waals surface area contributed by atoms with Gasteiger partial charge in [-0.05, 0) is 24.0 Å². The summed E-state index contributed by atoms with van der Waals surface area (Å²) < 4.78 is 6.54. The van der Waals surface area contributed by atoms with Crippen molar-refractivity contribution < 1.29 is 9.53 Å². The fraction of sp³-hybridized carbons (Fsp3) is 0.500. The lowest BCUT2D eigenvalue weighted by molar-refractivity contribution is 0.0588. The van der Waals surface area contributed by atoms with E-state index in [4.69, 9.17) is 10.5 Å². The molecule has 0 amide bonds. The zero-order valence-electron chi connectivity index (χ0n) is 8.41. The minimum atomic E-state index is -0.275. The summed E-state index contributed by atoms with van der Waals surface area (Å²) >= 11 is 0. The van der Waals surface area contributed by atoms with Gasteiger partial charge in [-0.3, -0.25) is 0 Å². The van der Waals surface area contributed by atoms with Gasteiger partial charge in [-0.2, -0.15) is 0 Å². The van der Waals surface area contributed by atoms with Gasteiger partial charge in [-0.15, -0.1) is 0 Å². The summed E-state index contributed by atoms with van der Waals surface area (Å²) in [5.74, 6) is -0.275. The highest BCUT2D eigenvalue weighted by Crippen LogP contribution is 2.32. The molecule has 2 N–H and O–H groups in total. The Morgan fingerprint density at radius 1 is 1.71 bits per heavy atom. The molecule has 0 bridgehead atoms. The third kappa shape index (κ3) is 1.14. The van der Waals surface area contributed by atoms with Gasteiger partial charge in [0.15, 0.2) is 0 Å². The Hall–Kier alpha value is -1.29. The van der Waals surface area contributed by atoms with Crippen molar-refractivity contribution in [1.82, 2.24) is 4.57 Å². The highest BCUT2D eigenvalue weighted by atomic mass is 16.5. The summed E-state index contributed by atoms with van der Waals surface area (Å²) in [6, 6.07) is 0.0783. The van der Waals surface area contributed by atoms with E-state index in [1.165, 1.54) is 7.11 Å². The molecule has 0 aromatic carbocycles. The summed E-state index contributed by atoms with van der Waals surface area (Å²) in [7, 11) is 3.24. The molecule has 4 heteroatoms. The van der Waals surface area contributed by atoms with Crippen LogP contribution in [0, 0.1) is 0 Å². The lowest BCUT2D eigenvalue weighted by Gasteiger charge is -2.03. The molecule has 1 aromatic heterocycles. The molecule has 1 atom stereocenters. The van der Waals surface area contributed by atoms with Crippen LogP contribution in [0.2, 0.25) is 0 Å². The van der Waals surface area contributed by atoms with Crippen molar-refractivity contribution in [2.45, 2.75) is 18.9 Å². The van der Waals surface area contributed by atoms with Crippen LogP contribution in [0.3, 0.4) is 0 Å². The van der Waals surface area contributed by atoms with Crippen molar-refractivity contribution in [2.75, 3.05) is 7.11 Å². The van der Waals surface area contributed by atoms with Crippen LogP contribution in [-0.4, -0.2) is 17.6 Å². The van der Waals surface area contributed by atoms with Gasteiger partial charge in [0.05, 0.1) is 7.11 Å². The van der Waals surface area contributed by atoms with Crippen molar-refractivity contribution in [3.63, 3.8) is 0 Å². The Morgan fingerprint density at radius 2 is 2.43 bits per heavy atom. The van der Waals surface area contributed by atoms with Gasteiger partial charge in [0, 0.05) is 19.3 Å². The number of esters is 1. The maximum Gasteiger partial charge on any atom is 0.354 e. The molecule has 4 nitrogen and oxygen atoms in total. The van der Waals surface area contributed by atoms with Crippen molar-refractivity contribution in [2.24, 2.45) is 12.8 Å². The normalized spacial score (nSPS) is 19.5. The molecule has 1 aliphatic carbocycles. The molecule has 1 aliphatic rings. The van der Waals surface area contributed by atoms with E-state index < -0.39 is 0 Å². The number of nitrogens with zero attached hydrogens (tertiary/aromatic N) is 1. The Bertz CT molecular complexity index is 382. The van der Waals surface area contributed by atoms with Crippen LogP contribution in [0.4, 0.5) is 0 Å². The number of ether oxygens (including phenoxy) is 1. The standard InChI is InChI=1S/C10H14N2O2/c1-12-5-7-6(3-4-8(7)11)9(12)10(13)14-2/h5,8H,3-4,11H2,1-2H3. The van der Waals surface area contributed by atoms with Gasteiger partial charge < -0.3 is 15.0 Å². The molecule has 0 spiro atoms. The number of aryl methyl sites for hydroxylation is 1. The van der Waals surface area contributed by atoms with Crippen LogP contribution in [0.25, 0.3) is 0 Å². The topological polar surface area (TPSA) is 57.2 Å². The number of nitrogens with two attached hydrogens (primary N) is 1. The zero-order valence-corrected chi connectivity index (χ0v) is 8.41. The van der Waals surface area contributed by atoms with Gasteiger partial charge in [0.2, 0.25) is 0 Å². The number of carbonyl (C=O) groups is 1. The molecule has 1 unspecified atom stereocenters. The van der Waals surface area contributed by atoms with Crippen molar-refractivity contribution in [1.29, 1.82) is 0 Å². The Balaban J connectivity index is 2.51. The average molecular weight is 194 g/mol. The fourth-order valence-corrected chi connectivity index (χ4v) is 2.10. The summed E-state index contributed by atoms with van der Waals surface area (Å²) in [5, 5.41) is 0. The van der Waals surface area contributed by atoms with Gasteiger partial charge in [0.25, 0.3) is 0 Å². The summed E-state index contributed by atoms with van der Waals surface area (Å²) in [4.78, 5) is 11.5. The highest BCUT2D eigenvalue weighted by molar-refractivity contribution is 5.90. The monoisotopic (exact) mass is 194 g/mol. The van der Waals surface area contributed by atoms with E-state index in [2.05, 4.69) is 0 Å². The zero-order chi connectivity index (χ0) is 10.3. The number of hydrogen-bond acceptors (Lipinski definition) is 3. The van der Waals surface area contributed by atoms with Crippen LogP contribution in [-0.2, 0) is 18.2 Å². The number of methoxy groups -OCH3 is 1. The molecule has 0 fully saturated rings. The second kappa shape index (κ2) is 3.13. The first-order valence-corrected chi connectivity index (χ1v) is 4.67. The van der Waals surface area contributed by atoms with E-state index in [1.54, 1.807) is 4.57 Å². The third-order valence-electron chi connectivity index (χ3n) is 2.80. The van der Waals surface area contributed by atoms with Gasteiger partial charge in [-0.25, -0.2) is 4.79 Å². The van der Waals surface area contributed by atoms with E-state index in [0.29, 0.717) is 5.69 Å². The predicted octanol–water partition coefficient (Wildman–Crippen LogP) is 0.758. The molecule has 2 rings (SSSR count). The van der Waals surface area contributed by atoms with Crippen molar-refractivity contribution >= 4 is 5.97 Å². The van der Waals surface area contributed by atoms with Crippen molar-refractivity contribution in [3.05, 3.63) is 23.0 Å². The molecule has 14 heavy (non-hydrogen) atoms. The molecular formula is C10H14N2O2. The number of rotatable bonds is 1. The van der Waals surface area contributed by atoms with Crippen LogP contribution in [0.15, 0.2) is 6.20 Å². The van der Waals surface area contributed by atoms with Crippen LogP contribution >= 0.6 is 0 Å². The first kappa shape index (κ1) is 9.27. The van der Waals surface area contributed by atoms with Crippen LogP contribution in [0.5, 0.6) is 0 Å². The SMILES string of the molecule is COC(=O)c1c2c(cn1C)C(N)CC2. The first-order valence-electron chi connectivity index (χ1n) is 4.67. The molecule has 76 valence electrons. The van der Waals surface area contributed by atoms with Gasteiger partial charge >= 0.3 is 5.97 Å². The maximum absolute atomic E-state index is 11.5. The second-order valence-corrected chi connectivity index (χ2v) is 3.66. The molecule has 0 saturated heterocycles. The van der Waals surface area contributed by atoms with Gasteiger partial charge in [-0.1, -0.05) is 0 Å². The van der Waals surface area contributed by atoms with E-state index in [0.717, 1.165) is 24.0 Å². The second-order valence-electron chi connectivity index (χ2n) is 3.66. The minimum absolute atomic E-state index is 0.0783. The van der Waals surface area contributed by atoms with E-state index >= 15 is 0 Å². The number of carbonyl (C=O) groups excluding carboxylic acids is 1. The Morgan fingerprint density at radius 3 is 3.07 bits per heavy atom. The lowest BCUT2D eigenvalue weighted by Crippen LogP contribution is -2.09. The summed E-state index contributed by atoms with van der Waals surface area (Å²) in [5.41, 5.74) is 8.71. The third-order valence-corrected chi connectivity index (χ3v) is 2.80. The largest absolute Gasteiger partial charge is 0.464 e. The molecule has 1 aromatic rings. The van der Waals surface area contributed by atoms with E-state index in [-0.39, 0.29) is 12.0 Å². The highest BCUT2D eigenvalue weighted by Gasteiger charge is 2.28. The molecule has 0 radical (unpaired) electrons. The number of fused-ring (bicyclic) bond motifs is 1. The minimum Gasteiger partial charge on any atom is -0.464 e. The summed E-state index contributed by atoms with van der Waals surface area (Å²) in [6.07, 6.45) is 3.73. The van der Waals surface area contributed by atoms with Crippen LogP contribution in [0.1, 0.15) is 34.1 Å². The lowest BCUT2D eigenvalue weighted by atomic mass is 10.2. The van der Waals surface area contributed by atoms with Gasteiger partial charge in [0.1, 0.15) is 5.69 Å². The molecule has 1 heterocycles. The van der Waals surface area contributed by atoms with Crippen molar-refractivity contribution in [3.8, 4) is 0 Å². The Kier molecular flexibility index (Phi) is 2.07. The van der Waals surface area contributed by atoms with E-state index in [9.17, 15) is 4.79 Å². The average Bonchev–Trinajstić information content (AvgIpc) is 2.65. The molecular weight excluding hydrogens is 180 g/mol. The van der Waals surface area contributed by atoms with Crippen LogP contribution < -0.4 is 5.73 Å². The van der Waals surface area contributed by atoms with E-state index in [1.807, 2.05) is 13.2 Å². The first-order chi connectivity index (χ1) is 6.65. The predicted molar refractivity (Wildman–Crippen MR) is 52.0 cm³/mol. The molecule has 0 saturated carbocycles. The number of hydrogen-bond donors (Lipinski definition) is 1. The number of aromatic nitrogens is 1.